The lowest BCUT2D eigenvalue weighted by atomic mass is 10.2. The van der Waals surface area contributed by atoms with Crippen molar-refractivity contribution >= 4 is 32.7 Å². The molecular weight excluding hydrogens is 488 g/mol. The average Bonchev–Trinajstić information content (AvgIpc) is 3.25. The van der Waals surface area contributed by atoms with E-state index < -0.39 is 10.0 Å². The zero-order valence-electron chi connectivity index (χ0n) is 21.1. The van der Waals surface area contributed by atoms with E-state index in [0.29, 0.717) is 31.2 Å². The van der Waals surface area contributed by atoms with Crippen molar-refractivity contribution in [2.45, 2.75) is 38.1 Å². The number of sulfonamides is 1. The fourth-order valence-corrected chi connectivity index (χ4v) is 5.74. The Bertz CT molecular complexity index is 1430. The Labute approximate surface area is 217 Å². The van der Waals surface area contributed by atoms with Gasteiger partial charge in [-0.05, 0) is 54.8 Å². The molecule has 0 fully saturated rings. The minimum atomic E-state index is -3.53. The molecule has 0 aliphatic rings. The van der Waals surface area contributed by atoms with E-state index in [4.69, 9.17) is 4.74 Å². The zero-order chi connectivity index (χ0) is 26.3. The number of rotatable bonds is 12. The lowest BCUT2D eigenvalue weighted by molar-refractivity contribution is -0.118. The monoisotopic (exact) mass is 520 g/mol. The van der Waals surface area contributed by atoms with Gasteiger partial charge in [-0.2, -0.15) is 9.40 Å². The number of amides is 1. The number of benzene rings is 3. The molecule has 4 aromatic rings. The van der Waals surface area contributed by atoms with Crippen LogP contribution in [0.3, 0.4) is 0 Å². The second-order valence-electron chi connectivity index (χ2n) is 8.72. The number of para-hydroxylation sites is 2. The molecule has 0 unspecified atom stereocenters. The maximum atomic E-state index is 13.1. The Morgan fingerprint density at radius 2 is 1.57 bits per heavy atom. The van der Waals surface area contributed by atoms with E-state index in [9.17, 15) is 13.2 Å². The van der Waals surface area contributed by atoms with Crippen molar-refractivity contribution in [3.05, 3.63) is 84.4 Å². The molecule has 4 rings (SSSR count). The van der Waals surface area contributed by atoms with Gasteiger partial charge in [0.1, 0.15) is 5.75 Å². The maximum Gasteiger partial charge on any atom is 0.263 e. The summed E-state index contributed by atoms with van der Waals surface area (Å²) < 4.78 is 35.0. The quantitative estimate of drug-likeness (QED) is 0.286. The lowest BCUT2D eigenvalue weighted by Crippen LogP contribution is -2.32. The minimum Gasteiger partial charge on any atom is -0.484 e. The summed E-state index contributed by atoms with van der Waals surface area (Å²) in [6.07, 6.45) is 1.53. The summed E-state index contributed by atoms with van der Waals surface area (Å²) in [7, 11) is -3.53. The van der Waals surface area contributed by atoms with Crippen LogP contribution >= 0.6 is 0 Å². The number of aromatic nitrogens is 2. The van der Waals surface area contributed by atoms with E-state index in [-0.39, 0.29) is 17.4 Å². The molecule has 0 saturated carbocycles. The van der Waals surface area contributed by atoms with Gasteiger partial charge in [0.05, 0.1) is 17.0 Å². The van der Waals surface area contributed by atoms with Crippen LogP contribution in [-0.2, 0) is 21.4 Å². The predicted molar refractivity (Wildman–Crippen MR) is 145 cm³/mol. The van der Waals surface area contributed by atoms with E-state index in [1.165, 1.54) is 0 Å². The maximum absolute atomic E-state index is 13.1. The normalized spacial score (nSPS) is 11.6. The molecule has 1 aromatic heterocycles. The summed E-state index contributed by atoms with van der Waals surface area (Å²) in [4.78, 5) is 12.8. The highest BCUT2D eigenvalue weighted by atomic mass is 32.2. The molecule has 37 heavy (non-hydrogen) atoms. The first-order chi connectivity index (χ1) is 17.9. The van der Waals surface area contributed by atoms with Gasteiger partial charge >= 0.3 is 0 Å². The Kier molecular flexibility index (Phi) is 8.58. The van der Waals surface area contributed by atoms with Gasteiger partial charge < -0.3 is 10.1 Å². The van der Waals surface area contributed by atoms with Gasteiger partial charge in [-0.25, -0.2) is 8.42 Å². The standard InChI is InChI=1S/C28H32N4O4S/c1-3-18-31(19-4-2)37(34,35)24-16-14-22(15-17-24)20-32-26-13-9-8-12-25(26)28(30-32)29-27(33)21-36-23-10-6-5-7-11-23/h5-17H,3-4,18-21H2,1-2H3,(H,29,30,33). The number of anilines is 1. The Balaban J connectivity index is 1.50. The van der Waals surface area contributed by atoms with Crippen molar-refractivity contribution < 1.29 is 17.9 Å². The summed E-state index contributed by atoms with van der Waals surface area (Å²) >= 11 is 0. The molecule has 1 N–H and O–H groups in total. The molecule has 8 nitrogen and oxygen atoms in total. The molecule has 0 aliphatic carbocycles. The average molecular weight is 521 g/mol. The van der Waals surface area contributed by atoms with Crippen LogP contribution < -0.4 is 10.1 Å². The van der Waals surface area contributed by atoms with Gasteiger partial charge in [0.15, 0.2) is 12.4 Å². The van der Waals surface area contributed by atoms with E-state index in [1.54, 1.807) is 33.3 Å². The molecule has 1 heterocycles. The third-order valence-electron chi connectivity index (χ3n) is 5.87. The van der Waals surface area contributed by atoms with Crippen molar-refractivity contribution in [1.29, 1.82) is 0 Å². The predicted octanol–water partition coefficient (Wildman–Crippen LogP) is 4.91. The van der Waals surface area contributed by atoms with Crippen LogP contribution in [0.25, 0.3) is 10.9 Å². The molecular formula is C28H32N4O4S. The number of ether oxygens (including phenoxy) is 1. The van der Waals surface area contributed by atoms with Gasteiger partial charge in [0, 0.05) is 18.5 Å². The Morgan fingerprint density at radius 3 is 2.24 bits per heavy atom. The van der Waals surface area contributed by atoms with Gasteiger partial charge in [0.25, 0.3) is 5.91 Å². The third-order valence-corrected chi connectivity index (χ3v) is 7.78. The van der Waals surface area contributed by atoms with E-state index in [2.05, 4.69) is 10.4 Å². The molecule has 0 bridgehead atoms. The second kappa shape index (κ2) is 12.0. The molecule has 194 valence electrons. The van der Waals surface area contributed by atoms with Crippen LogP contribution in [0.4, 0.5) is 5.82 Å². The third kappa shape index (κ3) is 6.36. The highest BCUT2D eigenvalue weighted by molar-refractivity contribution is 7.89. The SMILES string of the molecule is CCCN(CCC)S(=O)(=O)c1ccc(Cn2nc(NC(=O)COc3ccccc3)c3ccccc32)cc1. The first kappa shape index (κ1) is 26.4. The molecule has 3 aromatic carbocycles. The summed E-state index contributed by atoms with van der Waals surface area (Å²) in [5.41, 5.74) is 1.76. The number of nitrogens with zero attached hydrogens (tertiary/aromatic N) is 3. The highest BCUT2D eigenvalue weighted by Gasteiger charge is 2.23. The fourth-order valence-electron chi connectivity index (χ4n) is 4.11. The van der Waals surface area contributed by atoms with Crippen molar-refractivity contribution in [3.8, 4) is 5.75 Å². The van der Waals surface area contributed by atoms with Crippen LogP contribution in [0.1, 0.15) is 32.3 Å². The second-order valence-corrected chi connectivity index (χ2v) is 10.7. The zero-order valence-corrected chi connectivity index (χ0v) is 21.9. The molecule has 0 aliphatic heterocycles. The summed E-state index contributed by atoms with van der Waals surface area (Å²) in [5, 5.41) is 8.29. The van der Waals surface area contributed by atoms with Gasteiger partial charge in [0.2, 0.25) is 10.0 Å². The first-order valence-corrected chi connectivity index (χ1v) is 13.9. The summed E-state index contributed by atoms with van der Waals surface area (Å²) in [6, 6.07) is 23.7. The van der Waals surface area contributed by atoms with Crippen molar-refractivity contribution in [2.75, 3.05) is 25.0 Å². The van der Waals surface area contributed by atoms with Crippen molar-refractivity contribution in [1.82, 2.24) is 14.1 Å². The van der Waals surface area contributed by atoms with Crippen molar-refractivity contribution in [2.24, 2.45) is 0 Å². The number of fused-ring (bicyclic) bond motifs is 1. The molecule has 0 spiro atoms. The topological polar surface area (TPSA) is 93.5 Å². The van der Waals surface area contributed by atoms with E-state index in [1.807, 2.05) is 68.4 Å². The van der Waals surface area contributed by atoms with Crippen LogP contribution in [0.2, 0.25) is 0 Å². The largest absolute Gasteiger partial charge is 0.484 e. The number of carbonyl (C=O) groups is 1. The number of nitrogens with one attached hydrogen (secondary N) is 1. The van der Waals surface area contributed by atoms with Crippen LogP contribution in [0.5, 0.6) is 5.75 Å². The minimum absolute atomic E-state index is 0.131. The van der Waals surface area contributed by atoms with E-state index in [0.717, 1.165) is 29.3 Å². The number of hydrogen-bond acceptors (Lipinski definition) is 5. The van der Waals surface area contributed by atoms with Gasteiger partial charge in [-0.1, -0.05) is 56.3 Å². The highest BCUT2D eigenvalue weighted by Crippen LogP contribution is 2.24. The van der Waals surface area contributed by atoms with E-state index >= 15 is 0 Å². The first-order valence-electron chi connectivity index (χ1n) is 12.4. The molecule has 9 heteroatoms. The Morgan fingerprint density at radius 1 is 0.919 bits per heavy atom. The smallest absolute Gasteiger partial charge is 0.263 e. The molecule has 1 amide bonds. The lowest BCUT2D eigenvalue weighted by Gasteiger charge is -2.21. The Hall–Kier alpha value is -3.69. The van der Waals surface area contributed by atoms with Gasteiger partial charge in [-0.3, -0.25) is 9.48 Å². The van der Waals surface area contributed by atoms with Crippen LogP contribution in [-0.4, -0.2) is 48.1 Å². The van der Waals surface area contributed by atoms with Gasteiger partial charge in [-0.15, -0.1) is 0 Å². The fraction of sp³-hybridized carbons (Fsp3) is 0.286. The molecule has 0 saturated heterocycles. The van der Waals surface area contributed by atoms with Crippen LogP contribution in [0.15, 0.2) is 83.8 Å². The number of carbonyl (C=O) groups excluding carboxylic acids is 1. The molecule has 0 atom stereocenters. The molecule has 0 radical (unpaired) electrons. The summed E-state index contributed by atoms with van der Waals surface area (Å²) in [5.74, 6) is 0.759. The summed E-state index contributed by atoms with van der Waals surface area (Å²) in [6.45, 7) is 5.24. The number of hydrogen-bond donors (Lipinski definition) is 1. The van der Waals surface area contributed by atoms with Crippen molar-refractivity contribution in [3.63, 3.8) is 0 Å². The van der Waals surface area contributed by atoms with Crippen LogP contribution in [0, 0.1) is 0 Å².